The van der Waals surface area contributed by atoms with Gasteiger partial charge in [-0.25, -0.2) is 0 Å². The zero-order valence-corrected chi connectivity index (χ0v) is 12.4. The molecule has 0 bridgehead atoms. The zero-order chi connectivity index (χ0) is 13.2. The van der Waals surface area contributed by atoms with Crippen LogP contribution in [0.5, 0.6) is 0 Å². The van der Waals surface area contributed by atoms with Gasteiger partial charge in [-0.15, -0.1) is 0 Å². The lowest BCUT2D eigenvalue weighted by Crippen LogP contribution is -2.08. The fraction of sp³-hybridized carbons (Fsp3) is 0.429. The summed E-state index contributed by atoms with van der Waals surface area (Å²) in [5.41, 5.74) is 1.19. The fourth-order valence-electron chi connectivity index (χ4n) is 2.42. The first-order chi connectivity index (χ1) is 9.22. The average Bonchev–Trinajstić information content (AvgIpc) is 3.01. The molecular weight excluding hydrogens is 306 g/mol. The number of nitrogens with one attached hydrogen (secondary N) is 1. The number of hydrogen-bond donors (Lipinski definition) is 1. The number of aromatic nitrogens is 2. The van der Waals surface area contributed by atoms with Gasteiger partial charge in [0.25, 0.3) is 0 Å². The number of hydrogen-bond acceptors (Lipinski definition) is 4. The summed E-state index contributed by atoms with van der Waals surface area (Å²) < 4.78 is 6.48. The van der Waals surface area contributed by atoms with Gasteiger partial charge in [-0.05, 0) is 30.2 Å². The van der Waals surface area contributed by atoms with E-state index >= 15 is 0 Å². The van der Waals surface area contributed by atoms with Crippen molar-refractivity contribution in [3.8, 4) is 0 Å². The van der Waals surface area contributed by atoms with Crippen molar-refractivity contribution in [3.05, 3.63) is 46.0 Å². The maximum atomic E-state index is 5.40. The van der Waals surface area contributed by atoms with Crippen LogP contribution in [0.4, 0.5) is 0 Å². The summed E-state index contributed by atoms with van der Waals surface area (Å²) in [7, 11) is 0. The molecule has 2 heterocycles. The smallest absolute Gasteiger partial charge is 0.231 e. The van der Waals surface area contributed by atoms with E-state index in [1.54, 1.807) is 0 Å². The molecule has 0 aliphatic carbocycles. The van der Waals surface area contributed by atoms with Crippen molar-refractivity contribution in [2.45, 2.75) is 19.3 Å². The topological polar surface area (TPSA) is 51.0 Å². The molecule has 0 radical (unpaired) electrons. The second-order valence-corrected chi connectivity index (χ2v) is 6.01. The van der Waals surface area contributed by atoms with Crippen LogP contribution in [0.15, 0.2) is 33.3 Å². The van der Waals surface area contributed by atoms with E-state index in [1.807, 2.05) is 12.1 Å². The molecule has 2 aromatic rings. The molecule has 19 heavy (non-hydrogen) atoms. The fourth-order valence-corrected chi connectivity index (χ4v) is 2.68. The maximum absolute atomic E-state index is 5.40. The lowest BCUT2D eigenvalue weighted by molar-refractivity contribution is 0.337. The summed E-state index contributed by atoms with van der Waals surface area (Å²) in [6.45, 7) is 4.17. The summed E-state index contributed by atoms with van der Waals surface area (Å²) in [6, 6.07) is 8.19. The van der Waals surface area contributed by atoms with E-state index in [9.17, 15) is 0 Å². The minimum absolute atomic E-state index is 0.353. The Morgan fingerprint density at radius 1 is 1.32 bits per heavy atom. The molecule has 5 heteroatoms. The van der Waals surface area contributed by atoms with Crippen LogP contribution in [0.25, 0.3) is 0 Å². The molecule has 1 fully saturated rings. The van der Waals surface area contributed by atoms with Crippen molar-refractivity contribution in [1.82, 2.24) is 15.5 Å². The van der Waals surface area contributed by atoms with E-state index in [2.05, 4.69) is 50.4 Å². The Kier molecular flexibility index (Phi) is 3.66. The first-order valence-electron chi connectivity index (χ1n) is 6.50. The Morgan fingerprint density at radius 3 is 2.79 bits per heavy atom. The number of halogens is 1. The van der Waals surface area contributed by atoms with Crippen molar-refractivity contribution in [2.24, 2.45) is 5.92 Å². The van der Waals surface area contributed by atoms with Crippen LogP contribution in [0.1, 0.15) is 30.1 Å². The Labute approximate surface area is 120 Å². The molecule has 2 atom stereocenters. The lowest BCUT2D eigenvalue weighted by atomic mass is 9.98. The third-order valence-electron chi connectivity index (χ3n) is 3.59. The molecule has 1 aromatic carbocycles. The van der Waals surface area contributed by atoms with E-state index in [4.69, 9.17) is 4.52 Å². The molecular formula is C14H16BrN3O. The molecule has 1 aliphatic rings. The van der Waals surface area contributed by atoms with Gasteiger partial charge >= 0.3 is 0 Å². The summed E-state index contributed by atoms with van der Waals surface area (Å²) in [5, 5.41) is 7.44. The Hall–Kier alpha value is -1.20. The van der Waals surface area contributed by atoms with Crippen LogP contribution in [0.3, 0.4) is 0 Å². The van der Waals surface area contributed by atoms with Gasteiger partial charge in [-0.2, -0.15) is 4.98 Å². The standard InChI is InChI=1S/C14H16BrN3O/c1-9-7-16-8-12(9)14-17-13(18-19-14)6-10-2-4-11(15)5-3-10/h2-5,9,12,16H,6-8H2,1H3/t9-,12-/m1/s1. The lowest BCUT2D eigenvalue weighted by Gasteiger charge is -2.07. The van der Waals surface area contributed by atoms with Gasteiger partial charge in [0.15, 0.2) is 5.82 Å². The Morgan fingerprint density at radius 2 is 2.11 bits per heavy atom. The van der Waals surface area contributed by atoms with Crippen molar-refractivity contribution in [2.75, 3.05) is 13.1 Å². The van der Waals surface area contributed by atoms with Gasteiger partial charge in [-0.3, -0.25) is 0 Å². The highest BCUT2D eigenvalue weighted by Gasteiger charge is 2.29. The largest absolute Gasteiger partial charge is 0.339 e. The Balaban J connectivity index is 1.72. The summed E-state index contributed by atoms with van der Waals surface area (Å²) in [6.07, 6.45) is 0.714. The van der Waals surface area contributed by atoms with Crippen LogP contribution in [-0.4, -0.2) is 23.2 Å². The predicted molar refractivity (Wildman–Crippen MR) is 76.0 cm³/mol. The van der Waals surface area contributed by atoms with Gasteiger partial charge in [0.1, 0.15) is 0 Å². The molecule has 3 rings (SSSR count). The Bertz CT molecular complexity index is 552. The SMILES string of the molecule is C[C@@H]1CNC[C@H]1c1nc(Cc2ccc(Br)cc2)no1. The second-order valence-electron chi connectivity index (χ2n) is 5.09. The first-order valence-corrected chi connectivity index (χ1v) is 7.29. The van der Waals surface area contributed by atoms with Crippen molar-refractivity contribution >= 4 is 15.9 Å². The minimum Gasteiger partial charge on any atom is -0.339 e. The molecule has 1 aromatic heterocycles. The molecule has 1 saturated heterocycles. The normalized spacial score (nSPS) is 22.8. The molecule has 100 valence electrons. The molecule has 0 spiro atoms. The summed E-state index contributed by atoms with van der Waals surface area (Å²) in [5.74, 6) is 2.44. The van der Waals surface area contributed by atoms with Crippen molar-refractivity contribution < 1.29 is 4.52 Å². The highest BCUT2D eigenvalue weighted by atomic mass is 79.9. The van der Waals surface area contributed by atoms with E-state index in [0.29, 0.717) is 18.3 Å². The number of nitrogens with zero attached hydrogens (tertiary/aromatic N) is 2. The molecule has 4 nitrogen and oxygen atoms in total. The van der Waals surface area contributed by atoms with E-state index in [0.717, 1.165) is 29.3 Å². The number of benzene rings is 1. The molecule has 1 N–H and O–H groups in total. The van der Waals surface area contributed by atoms with Gasteiger partial charge in [0, 0.05) is 17.4 Å². The monoisotopic (exact) mass is 321 g/mol. The van der Waals surface area contributed by atoms with Crippen molar-refractivity contribution in [3.63, 3.8) is 0 Å². The van der Waals surface area contributed by atoms with Crippen LogP contribution < -0.4 is 5.32 Å². The highest BCUT2D eigenvalue weighted by molar-refractivity contribution is 9.10. The van der Waals surface area contributed by atoms with Crippen molar-refractivity contribution in [1.29, 1.82) is 0 Å². The van der Waals surface area contributed by atoms with E-state index in [1.165, 1.54) is 5.56 Å². The third-order valence-corrected chi connectivity index (χ3v) is 4.12. The van der Waals surface area contributed by atoms with Crippen LogP contribution in [-0.2, 0) is 6.42 Å². The van der Waals surface area contributed by atoms with Crippen LogP contribution >= 0.6 is 15.9 Å². The van der Waals surface area contributed by atoms with Gasteiger partial charge in [-0.1, -0.05) is 40.1 Å². The highest BCUT2D eigenvalue weighted by Crippen LogP contribution is 2.26. The molecule has 1 aliphatic heterocycles. The number of rotatable bonds is 3. The maximum Gasteiger partial charge on any atom is 0.231 e. The van der Waals surface area contributed by atoms with E-state index in [-0.39, 0.29) is 0 Å². The minimum atomic E-state index is 0.353. The summed E-state index contributed by atoms with van der Waals surface area (Å²) >= 11 is 3.43. The average molecular weight is 322 g/mol. The van der Waals surface area contributed by atoms with Gasteiger partial charge < -0.3 is 9.84 Å². The molecule has 0 unspecified atom stereocenters. The first kappa shape index (κ1) is 12.8. The molecule has 0 amide bonds. The zero-order valence-electron chi connectivity index (χ0n) is 10.8. The van der Waals surface area contributed by atoms with E-state index < -0.39 is 0 Å². The quantitative estimate of drug-likeness (QED) is 0.944. The van der Waals surface area contributed by atoms with Crippen LogP contribution in [0, 0.1) is 5.92 Å². The van der Waals surface area contributed by atoms with Gasteiger partial charge in [0.05, 0.1) is 5.92 Å². The molecule has 0 saturated carbocycles. The summed E-state index contributed by atoms with van der Waals surface area (Å²) in [4.78, 5) is 4.53. The predicted octanol–water partition coefficient (Wildman–Crippen LogP) is 2.75. The van der Waals surface area contributed by atoms with Crippen LogP contribution in [0.2, 0.25) is 0 Å². The van der Waals surface area contributed by atoms with Gasteiger partial charge in [0.2, 0.25) is 5.89 Å². The third kappa shape index (κ3) is 2.87. The second kappa shape index (κ2) is 5.43.